The topological polar surface area (TPSA) is 76.3 Å². The number of fused-ring (bicyclic) bond motifs is 1. The van der Waals surface area contributed by atoms with E-state index in [2.05, 4.69) is 4.98 Å². The molecule has 1 aliphatic heterocycles. The van der Waals surface area contributed by atoms with Crippen LogP contribution in [0.2, 0.25) is 0 Å². The van der Waals surface area contributed by atoms with Crippen molar-refractivity contribution in [3.8, 4) is 0 Å². The molecule has 5 heteroatoms. The summed E-state index contributed by atoms with van der Waals surface area (Å²) in [6.45, 7) is 0.208. The van der Waals surface area contributed by atoms with E-state index in [4.69, 9.17) is 5.73 Å². The van der Waals surface area contributed by atoms with Gasteiger partial charge in [-0.2, -0.15) is 0 Å². The molecule has 2 amide bonds. The summed E-state index contributed by atoms with van der Waals surface area (Å²) in [6, 6.07) is 10.2. The summed E-state index contributed by atoms with van der Waals surface area (Å²) in [6.07, 6.45) is 1.57. The van der Waals surface area contributed by atoms with Crippen molar-refractivity contribution in [1.82, 2.24) is 9.88 Å². The molecule has 1 aromatic heterocycles. The zero-order valence-electron chi connectivity index (χ0n) is 10.0. The highest BCUT2D eigenvalue weighted by Crippen LogP contribution is 2.24. The summed E-state index contributed by atoms with van der Waals surface area (Å²) in [5.74, 6) is -0.124. The summed E-state index contributed by atoms with van der Waals surface area (Å²) in [5, 5.41) is 0. The molecule has 1 aromatic carbocycles. The third kappa shape index (κ3) is 1.85. The number of carbonyl (C=O) groups is 2. The van der Waals surface area contributed by atoms with Crippen molar-refractivity contribution < 1.29 is 9.59 Å². The number of imide groups is 1. The van der Waals surface area contributed by atoms with Crippen molar-refractivity contribution in [3.05, 3.63) is 59.3 Å². The quantitative estimate of drug-likeness (QED) is 0.822. The van der Waals surface area contributed by atoms with Crippen LogP contribution in [0.25, 0.3) is 0 Å². The molecule has 0 spiro atoms. The number of hydrogen-bond donors (Lipinski definition) is 1. The molecule has 0 unspecified atom stereocenters. The van der Waals surface area contributed by atoms with Crippen molar-refractivity contribution in [2.75, 3.05) is 5.73 Å². The number of nitrogens with zero attached hydrogens (tertiary/aromatic N) is 2. The van der Waals surface area contributed by atoms with E-state index in [9.17, 15) is 9.59 Å². The second-order valence-electron chi connectivity index (χ2n) is 4.33. The normalized spacial score (nSPS) is 13.8. The van der Waals surface area contributed by atoms with Gasteiger partial charge in [-0.3, -0.25) is 14.5 Å². The SMILES string of the molecule is Nc1ccc(CN2C(=O)c3ccccc3C2=O)cn1. The lowest BCUT2D eigenvalue weighted by molar-refractivity contribution is 0.0642. The van der Waals surface area contributed by atoms with Gasteiger partial charge in [0, 0.05) is 6.20 Å². The van der Waals surface area contributed by atoms with Crippen molar-refractivity contribution in [3.63, 3.8) is 0 Å². The molecule has 0 bridgehead atoms. The minimum absolute atomic E-state index is 0.208. The Bertz CT molecular complexity index is 630. The maximum Gasteiger partial charge on any atom is 0.261 e. The van der Waals surface area contributed by atoms with Crippen LogP contribution in [0, 0.1) is 0 Å². The van der Waals surface area contributed by atoms with E-state index in [1.807, 2.05) is 0 Å². The molecule has 2 aromatic rings. The Labute approximate surface area is 109 Å². The zero-order chi connectivity index (χ0) is 13.4. The Morgan fingerprint density at radius 3 is 2.16 bits per heavy atom. The van der Waals surface area contributed by atoms with Crippen LogP contribution in [0.5, 0.6) is 0 Å². The zero-order valence-corrected chi connectivity index (χ0v) is 10.0. The van der Waals surface area contributed by atoms with E-state index >= 15 is 0 Å². The van der Waals surface area contributed by atoms with Gasteiger partial charge in [0.25, 0.3) is 11.8 Å². The van der Waals surface area contributed by atoms with Crippen LogP contribution >= 0.6 is 0 Å². The van der Waals surface area contributed by atoms with E-state index in [1.54, 1.807) is 42.6 Å². The minimum atomic E-state index is -0.266. The van der Waals surface area contributed by atoms with Gasteiger partial charge in [-0.1, -0.05) is 18.2 Å². The van der Waals surface area contributed by atoms with Gasteiger partial charge in [0.1, 0.15) is 5.82 Å². The number of rotatable bonds is 2. The molecule has 19 heavy (non-hydrogen) atoms. The summed E-state index contributed by atoms with van der Waals surface area (Å²) in [7, 11) is 0. The first-order chi connectivity index (χ1) is 9.16. The van der Waals surface area contributed by atoms with Gasteiger partial charge < -0.3 is 5.73 Å². The Morgan fingerprint density at radius 1 is 1.00 bits per heavy atom. The largest absolute Gasteiger partial charge is 0.384 e. The Hall–Kier alpha value is -2.69. The van der Waals surface area contributed by atoms with Gasteiger partial charge in [-0.05, 0) is 23.8 Å². The van der Waals surface area contributed by atoms with Crippen LogP contribution in [0.1, 0.15) is 26.3 Å². The molecule has 1 aliphatic rings. The molecule has 5 nitrogen and oxygen atoms in total. The first kappa shape index (κ1) is 11.4. The smallest absolute Gasteiger partial charge is 0.261 e. The van der Waals surface area contributed by atoms with E-state index in [1.165, 1.54) is 4.90 Å². The highest BCUT2D eigenvalue weighted by Gasteiger charge is 2.34. The van der Waals surface area contributed by atoms with Gasteiger partial charge in [0.2, 0.25) is 0 Å². The fraction of sp³-hybridized carbons (Fsp3) is 0.0714. The summed E-state index contributed by atoms with van der Waals surface area (Å²) >= 11 is 0. The highest BCUT2D eigenvalue weighted by atomic mass is 16.2. The van der Waals surface area contributed by atoms with Crippen molar-refractivity contribution in [1.29, 1.82) is 0 Å². The van der Waals surface area contributed by atoms with Crippen LogP contribution in [-0.4, -0.2) is 21.7 Å². The van der Waals surface area contributed by atoms with Crippen LogP contribution in [0.15, 0.2) is 42.6 Å². The maximum absolute atomic E-state index is 12.1. The van der Waals surface area contributed by atoms with Gasteiger partial charge in [-0.25, -0.2) is 4.98 Å². The van der Waals surface area contributed by atoms with Crippen LogP contribution in [0.3, 0.4) is 0 Å². The van der Waals surface area contributed by atoms with Gasteiger partial charge in [0.05, 0.1) is 17.7 Å². The Balaban J connectivity index is 1.90. The van der Waals surface area contributed by atoms with E-state index in [0.29, 0.717) is 16.9 Å². The highest BCUT2D eigenvalue weighted by molar-refractivity contribution is 6.21. The Morgan fingerprint density at radius 2 is 1.63 bits per heavy atom. The number of benzene rings is 1. The molecule has 3 rings (SSSR count). The third-order valence-corrected chi connectivity index (χ3v) is 3.07. The molecule has 94 valence electrons. The van der Waals surface area contributed by atoms with Crippen LogP contribution in [-0.2, 0) is 6.54 Å². The molecule has 0 aliphatic carbocycles. The number of anilines is 1. The summed E-state index contributed by atoms with van der Waals surface area (Å²) in [4.78, 5) is 29.4. The monoisotopic (exact) mass is 253 g/mol. The van der Waals surface area contributed by atoms with Crippen molar-refractivity contribution >= 4 is 17.6 Å². The molecule has 0 saturated heterocycles. The van der Waals surface area contributed by atoms with Crippen molar-refractivity contribution in [2.24, 2.45) is 0 Å². The molecule has 0 atom stereocenters. The fourth-order valence-electron chi connectivity index (χ4n) is 2.09. The number of amides is 2. The van der Waals surface area contributed by atoms with Gasteiger partial charge in [-0.15, -0.1) is 0 Å². The average Bonchev–Trinajstić information content (AvgIpc) is 2.67. The number of nitrogens with two attached hydrogens (primary N) is 1. The van der Waals surface area contributed by atoms with Gasteiger partial charge in [0.15, 0.2) is 0 Å². The number of nitrogen functional groups attached to an aromatic ring is 1. The van der Waals surface area contributed by atoms with Crippen LogP contribution < -0.4 is 5.73 Å². The first-order valence-electron chi connectivity index (χ1n) is 5.82. The third-order valence-electron chi connectivity index (χ3n) is 3.07. The van der Waals surface area contributed by atoms with Crippen LogP contribution in [0.4, 0.5) is 5.82 Å². The van der Waals surface area contributed by atoms with Crippen molar-refractivity contribution in [2.45, 2.75) is 6.54 Å². The summed E-state index contributed by atoms with van der Waals surface area (Å²) < 4.78 is 0. The van der Waals surface area contributed by atoms with E-state index < -0.39 is 0 Å². The lowest BCUT2D eigenvalue weighted by Gasteiger charge is -2.13. The molecular weight excluding hydrogens is 242 g/mol. The summed E-state index contributed by atoms with van der Waals surface area (Å²) in [5.41, 5.74) is 7.18. The fourth-order valence-corrected chi connectivity index (χ4v) is 2.09. The molecule has 0 saturated carbocycles. The molecule has 0 radical (unpaired) electrons. The molecule has 2 heterocycles. The lowest BCUT2D eigenvalue weighted by atomic mass is 10.1. The van der Waals surface area contributed by atoms with E-state index in [-0.39, 0.29) is 18.4 Å². The molecule has 0 fully saturated rings. The predicted octanol–water partition coefficient (Wildman–Crippen LogP) is 1.46. The number of aromatic nitrogens is 1. The predicted molar refractivity (Wildman–Crippen MR) is 69.3 cm³/mol. The number of pyridine rings is 1. The standard InChI is InChI=1S/C14H11N3O2/c15-12-6-5-9(7-16-12)8-17-13(18)10-3-1-2-4-11(10)14(17)19/h1-7H,8H2,(H2,15,16). The van der Waals surface area contributed by atoms with E-state index in [0.717, 1.165) is 5.56 Å². The maximum atomic E-state index is 12.1. The average molecular weight is 253 g/mol. The number of hydrogen-bond acceptors (Lipinski definition) is 4. The minimum Gasteiger partial charge on any atom is -0.384 e. The number of carbonyl (C=O) groups excluding carboxylic acids is 2. The second kappa shape index (κ2) is 4.20. The first-order valence-corrected chi connectivity index (χ1v) is 5.82. The molecule has 2 N–H and O–H groups in total. The molecular formula is C14H11N3O2. The second-order valence-corrected chi connectivity index (χ2v) is 4.33. The van der Waals surface area contributed by atoms with Gasteiger partial charge >= 0.3 is 0 Å². The lowest BCUT2D eigenvalue weighted by Crippen LogP contribution is -2.29. The Kier molecular flexibility index (Phi) is 2.52.